The van der Waals surface area contributed by atoms with Gasteiger partial charge in [-0.1, -0.05) is 63.3 Å². The van der Waals surface area contributed by atoms with Gasteiger partial charge in [0.1, 0.15) is 12.2 Å². The zero-order valence-corrected chi connectivity index (χ0v) is 14.8. The van der Waals surface area contributed by atoms with Gasteiger partial charge in [0.2, 0.25) is 0 Å². The highest BCUT2D eigenvalue weighted by molar-refractivity contribution is 5.94. The first-order valence-electron chi connectivity index (χ1n) is 9.20. The zero-order valence-electron chi connectivity index (χ0n) is 14.8. The summed E-state index contributed by atoms with van der Waals surface area (Å²) in [6, 6.07) is 0. The van der Waals surface area contributed by atoms with Crippen LogP contribution in [0.4, 0.5) is 0 Å². The normalized spacial score (nSPS) is 11.5. The minimum absolute atomic E-state index is 0.150. The van der Waals surface area contributed by atoms with Crippen LogP contribution in [0.3, 0.4) is 0 Å². The predicted molar refractivity (Wildman–Crippen MR) is 96.6 cm³/mol. The molecule has 0 rings (SSSR count). The minimum atomic E-state index is -1.02. The van der Waals surface area contributed by atoms with E-state index in [0.717, 1.165) is 32.1 Å². The number of carboxylic acid groups (broad SMARTS) is 1. The smallest absolute Gasteiger partial charge is 0.310 e. The molecule has 3 heteroatoms. The molecule has 23 heavy (non-hydrogen) atoms. The molecule has 0 unspecified atom stereocenters. The second-order valence-corrected chi connectivity index (χ2v) is 6.09. The Morgan fingerprint density at radius 2 is 1.35 bits per heavy atom. The van der Waals surface area contributed by atoms with Crippen molar-refractivity contribution in [1.82, 2.24) is 0 Å². The van der Waals surface area contributed by atoms with E-state index in [4.69, 9.17) is 5.11 Å². The average Bonchev–Trinajstić information content (AvgIpc) is 2.50. The second-order valence-electron chi connectivity index (χ2n) is 6.09. The number of hydrogen-bond donors (Lipinski definition) is 1. The van der Waals surface area contributed by atoms with Crippen molar-refractivity contribution < 1.29 is 14.7 Å². The van der Waals surface area contributed by atoms with Crippen molar-refractivity contribution in [2.75, 3.05) is 0 Å². The Kier molecular flexibility index (Phi) is 16.0. The third-order valence-electron chi connectivity index (χ3n) is 3.75. The Morgan fingerprint density at radius 1 is 0.783 bits per heavy atom. The molecule has 0 saturated carbocycles. The van der Waals surface area contributed by atoms with Crippen LogP contribution in [-0.2, 0) is 9.59 Å². The molecule has 0 radical (unpaired) electrons. The molecule has 0 heterocycles. The molecule has 0 aliphatic heterocycles. The fourth-order valence-corrected chi connectivity index (χ4v) is 2.39. The molecule has 0 aromatic heterocycles. The number of carbonyl (C=O) groups is 2. The lowest BCUT2D eigenvalue weighted by molar-refractivity contribution is -0.140. The van der Waals surface area contributed by atoms with Crippen molar-refractivity contribution in [3.8, 4) is 0 Å². The van der Waals surface area contributed by atoms with Crippen molar-refractivity contribution >= 4 is 11.8 Å². The zero-order chi connectivity index (χ0) is 17.2. The molecule has 0 fully saturated rings. The molecule has 0 amide bonds. The van der Waals surface area contributed by atoms with Crippen molar-refractivity contribution in [2.24, 2.45) is 0 Å². The van der Waals surface area contributed by atoms with E-state index in [1.54, 1.807) is 0 Å². The van der Waals surface area contributed by atoms with Crippen LogP contribution in [0.15, 0.2) is 24.3 Å². The van der Waals surface area contributed by atoms with Crippen LogP contribution in [0.1, 0.15) is 90.4 Å². The summed E-state index contributed by atoms with van der Waals surface area (Å²) in [6.45, 7) is 2.23. The third kappa shape index (κ3) is 18.6. The molecule has 3 nitrogen and oxygen atoms in total. The van der Waals surface area contributed by atoms with Crippen LogP contribution in [0.5, 0.6) is 0 Å². The van der Waals surface area contributed by atoms with E-state index in [1.165, 1.54) is 38.5 Å². The highest BCUT2D eigenvalue weighted by Crippen LogP contribution is 2.09. The van der Waals surface area contributed by atoms with Gasteiger partial charge in [0.05, 0.1) is 0 Å². The number of rotatable bonds is 16. The van der Waals surface area contributed by atoms with Gasteiger partial charge in [0.15, 0.2) is 0 Å². The van der Waals surface area contributed by atoms with E-state index in [0.29, 0.717) is 6.42 Å². The Balaban J connectivity index is 3.28. The van der Waals surface area contributed by atoms with Crippen molar-refractivity contribution in [3.05, 3.63) is 24.3 Å². The van der Waals surface area contributed by atoms with E-state index in [-0.39, 0.29) is 12.2 Å². The van der Waals surface area contributed by atoms with Gasteiger partial charge in [-0.15, -0.1) is 0 Å². The summed E-state index contributed by atoms with van der Waals surface area (Å²) in [7, 11) is 0. The molecule has 0 aliphatic rings. The van der Waals surface area contributed by atoms with E-state index < -0.39 is 5.97 Å². The van der Waals surface area contributed by atoms with Crippen molar-refractivity contribution in [3.63, 3.8) is 0 Å². The monoisotopic (exact) mass is 322 g/mol. The molecule has 0 aromatic rings. The van der Waals surface area contributed by atoms with Gasteiger partial charge in [-0.25, -0.2) is 0 Å². The van der Waals surface area contributed by atoms with Gasteiger partial charge in [-0.2, -0.15) is 0 Å². The first-order valence-corrected chi connectivity index (χ1v) is 9.20. The Morgan fingerprint density at radius 3 is 1.96 bits per heavy atom. The van der Waals surface area contributed by atoms with Crippen LogP contribution < -0.4 is 0 Å². The lowest BCUT2D eigenvalue weighted by atomic mass is 10.1. The number of carbonyl (C=O) groups excluding carboxylic acids is 1. The van der Waals surface area contributed by atoms with Gasteiger partial charge in [-0.3, -0.25) is 9.59 Å². The summed E-state index contributed by atoms with van der Waals surface area (Å²) in [6.07, 6.45) is 21.8. The SMILES string of the molecule is CCCCCC=CCC=CCCCCCCCC(=O)CC(=O)O. The summed E-state index contributed by atoms with van der Waals surface area (Å²) in [5.41, 5.74) is 0. The van der Waals surface area contributed by atoms with Crippen LogP contribution in [0, 0.1) is 0 Å². The summed E-state index contributed by atoms with van der Waals surface area (Å²) in [4.78, 5) is 21.5. The maximum atomic E-state index is 11.2. The molecule has 0 aliphatic carbocycles. The molecule has 0 saturated heterocycles. The lowest BCUT2D eigenvalue weighted by Crippen LogP contribution is -2.05. The maximum absolute atomic E-state index is 11.2. The predicted octanol–water partition coefficient (Wildman–Crippen LogP) is 5.84. The van der Waals surface area contributed by atoms with E-state index in [9.17, 15) is 9.59 Å². The van der Waals surface area contributed by atoms with Gasteiger partial charge < -0.3 is 5.11 Å². The fraction of sp³-hybridized carbons (Fsp3) is 0.700. The number of allylic oxidation sites excluding steroid dienone is 4. The highest BCUT2D eigenvalue weighted by atomic mass is 16.4. The minimum Gasteiger partial charge on any atom is -0.481 e. The highest BCUT2D eigenvalue weighted by Gasteiger charge is 2.06. The molecule has 0 spiro atoms. The Hall–Kier alpha value is -1.38. The lowest BCUT2D eigenvalue weighted by Gasteiger charge is -1.99. The van der Waals surface area contributed by atoms with Gasteiger partial charge in [-0.05, 0) is 38.5 Å². The quantitative estimate of drug-likeness (QED) is 0.220. The summed E-state index contributed by atoms with van der Waals surface area (Å²) >= 11 is 0. The van der Waals surface area contributed by atoms with Crippen LogP contribution in [-0.4, -0.2) is 16.9 Å². The fourth-order valence-electron chi connectivity index (χ4n) is 2.39. The number of ketones is 1. The molecule has 0 bridgehead atoms. The molecule has 132 valence electrons. The number of aliphatic carboxylic acids is 1. The standard InChI is InChI=1S/C20H34O3/c1-2-3-4-5-6-7-8-9-10-11-12-13-14-15-16-17-19(21)18-20(22)23/h6-7,9-10H,2-5,8,11-18H2,1H3,(H,22,23). The number of hydrogen-bond acceptors (Lipinski definition) is 2. The van der Waals surface area contributed by atoms with Crippen LogP contribution in [0.2, 0.25) is 0 Å². The Labute approximate surface area is 141 Å². The topological polar surface area (TPSA) is 54.4 Å². The van der Waals surface area contributed by atoms with Crippen LogP contribution in [0.25, 0.3) is 0 Å². The Bertz CT molecular complexity index is 356. The maximum Gasteiger partial charge on any atom is 0.310 e. The summed E-state index contributed by atoms with van der Waals surface area (Å²) in [5.74, 6) is -1.17. The third-order valence-corrected chi connectivity index (χ3v) is 3.75. The van der Waals surface area contributed by atoms with E-state index >= 15 is 0 Å². The van der Waals surface area contributed by atoms with Gasteiger partial charge in [0.25, 0.3) is 0 Å². The number of Topliss-reactive ketones (excluding diaryl/α,β-unsaturated/α-hetero) is 1. The molecular weight excluding hydrogens is 288 g/mol. The number of unbranched alkanes of at least 4 members (excludes halogenated alkanes) is 8. The van der Waals surface area contributed by atoms with Crippen molar-refractivity contribution in [1.29, 1.82) is 0 Å². The number of carboxylic acids is 1. The summed E-state index contributed by atoms with van der Waals surface area (Å²) in [5, 5.41) is 8.48. The first-order chi connectivity index (χ1) is 11.2. The van der Waals surface area contributed by atoms with Gasteiger partial charge >= 0.3 is 5.97 Å². The molecule has 0 aromatic carbocycles. The molecular formula is C20H34O3. The van der Waals surface area contributed by atoms with Gasteiger partial charge in [0, 0.05) is 6.42 Å². The van der Waals surface area contributed by atoms with Crippen molar-refractivity contribution in [2.45, 2.75) is 90.4 Å². The molecule has 1 N–H and O–H groups in total. The second kappa shape index (κ2) is 17.0. The summed E-state index contributed by atoms with van der Waals surface area (Å²) < 4.78 is 0. The van der Waals surface area contributed by atoms with E-state index in [2.05, 4.69) is 31.2 Å². The first kappa shape index (κ1) is 21.6. The molecule has 0 atom stereocenters. The largest absolute Gasteiger partial charge is 0.481 e. The van der Waals surface area contributed by atoms with E-state index in [1.807, 2.05) is 0 Å². The van der Waals surface area contributed by atoms with Crippen LogP contribution >= 0.6 is 0 Å². The average molecular weight is 322 g/mol.